The lowest BCUT2D eigenvalue weighted by Crippen LogP contribution is -2.43. The number of nitrogens with zero attached hydrogens (tertiary/aromatic N) is 2. The number of methoxy groups -OCH3 is 1. The Morgan fingerprint density at radius 3 is 2.31 bits per heavy atom. The highest BCUT2D eigenvalue weighted by atomic mass is 16.5. The topological polar surface area (TPSA) is 50.9 Å². The summed E-state index contributed by atoms with van der Waals surface area (Å²) in [7, 11) is 1.70. The van der Waals surface area contributed by atoms with Crippen LogP contribution in [0.3, 0.4) is 0 Å². The standard InChI is InChI=1S/C12H27N3O/c1-10(2)9-15(7-8-16-6)11(13)14-12(3,4)5/h10H,7-9H2,1-6H3,(H2,13,14). The highest BCUT2D eigenvalue weighted by Gasteiger charge is 2.14. The van der Waals surface area contributed by atoms with Crippen molar-refractivity contribution in [2.75, 3.05) is 26.8 Å². The molecule has 0 aromatic carbocycles. The van der Waals surface area contributed by atoms with Gasteiger partial charge in [-0.05, 0) is 26.7 Å². The van der Waals surface area contributed by atoms with Crippen LogP contribution in [0.4, 0.5) is 0 Å². The Bertz CT molecular complexity index is 219. The number of rotatable bonds is 5. The molecule has 0 rings (SSSR count). The summed E-state index contributed by atoms with van der Waals surface area (Å²) in [5.41, 5.74) is 5.88. The van der Waals surface area contributed by atoms with Crippen molar-refractivity contribution in [3.8, 4) is 0 Å². The van der Waals surface area contributed by atoms with E-state index in [1.807, 2.05) is 20.8 Å². The van der Waals surface area contributed by atoms with Crippen LogP contribution in [-0.2, 0) is 4.74 Å². The molecule has 0 heterocycles. The van der Waals surface area contributed by atoms with Crippen molar-refractivity contribution in [1.29, 1.82) is 0 Å². The molecule has 0 aromatic heterocycles. The van der Waals surface area contributed by atoms with Crippen LogP contribution in [0.1, 0.15) is 34.6 Å². The van der Waals surface area contributed by atoms with E-state index in [0.717, 1.165) is 13.1 Å². The van der Waals surface area contributed by atoms with E-state index in [4.69, 9.17) is 10.5 Å². The molecule has 0 fully saturated rings. The van der Waals surface area contributed by atoms with Gasteiger partial charge in [-0.3, -0.25) is 0 Å². The van der Waals surface area contributed by atoms with Crippen LogP contribution >= 0.6 is 0 Å². The quantitative estimate of drug-likeness (QED) is 0.576. The molecule has 0 radical (unpaired) electrons. The maximum Gasteiger partial charge on any atom is 0.191 e. The van der Waals surface area contributed by atoms with E-state index in [9.17, 15) is 0 Å². The number of ether oxygens (including phenoxy) is 1. The fraction of sp³-hybridized carbons (Fsp3) is 0.917. The van der Waals surface area contributed by atoms with Gasteiger partial charge in [0.25, 0.3) is 0 Å². The molecule has 0 spiro atoms. The van der Waals surface area contributed by atoms with Crippen molar-refractivity contribution in [3.05, 3.63) is 0 Å². The van der Waals surface area contributed by atoms with Crippen LogP contribution in [0, 0.1) is 5.92 Å². The van der Waals surface area contributed by atoms with E-state index in [-0.39, 0.29) is 5.54 Å². The van der Waals surface area contributed by atoms with Crippen LogP contribution in [0.15, 0.2) is 4.99 Å². The molecule has 0 atom stereocenters. The minimum atomic E-state index is -0.133. The zero-order valence-electron chi connectivity index (χ0n) is 11.6. The van der Waals surface area contributed by atoms with Crippen LogP contribution in [0.25, 0.3) is 0 Å². The van der Waals surface area contributed by atoms with Crippen molar-refractivity contribution in [1.82, 2.24) is 4.90 Å². The molecule has 96 valence electrons. The molecule has 4 nitrogen and oxygen atoms in total. The molecule has 0 unspecified atom stereocenters. The van der Waals surface area contributed by atoms with Crippen LogP contribution in [-0.4, -0.2) is 43.2 Å². The lowest BCUT2D eigenvalue weighted by atomic mass is 10.1. The SMILES string of the molecule is COCCN(CC(C)C)C(N)=NC(C)(C)C. The molecule has 0 aliphatic heterocycles. The van der Waals surface area contributed by atoms with Gasteiger partial charge in [-0.1, -0.05) is 13.8 Å². The maximum absolute atomic E-state index is 6.01. The van der Waals surface area contributed by atoms with Gasteiger partial charge in [-0.15, -0.1) is 0 Å². The summed E-state index contributed by atoms with van der Waals surface area (Å²) in [5.74, 6) is 1.17. The van der Waals surface area contributed by atoms with Gasteiger partial charge in [-0.2, -0.15) is 0 Å². The van der Waals surface area contributed by atoms with Gasteiger partial charge in [0, 0.05) is 20.2 Å². The third kappa shape index (κ3) is 7.51. The fourth-order valence-electron chi connectivity index (χ4n) is 1.36. The summed E-state index contributed by atoms with van der Waals surface area (Å²) < 4.78 is 5.08. The van der Waals surface area contributed by atoms with Gasteiger partial charge in [0.05, 0.1) is 12.1 Å². The first-order chi connectivity index (χ1) is 7.26. The molecule has 0 bridgehead atoms. The molecule has 16 heavy (non-hydrogen) atoms. The van der Waals surface area contributed by atoms with E-state index in [1.54, 1.807) is 7.11 Å². The zero-order chi connectivity index (χ0) is 12.8. The van der Waals surface area contributed by atoms with Gasteiger partial charge in [-0.25, -0.2) is 4.99 Å². The molecule has 0 aliphatic carbocycles. The summed E-state index contributed by atoms with van der Waals surface area (Å²) in [6, 6.07) is 0. The van der Waals surface area contributed by atoms with Gasteiger partial charge in [0.2, 0.25) is 0 Å². The summed E-state index contributed by atoms with van der Waals surface area (Å²) in [5, 5.41) is 0. The Kier molecular flexibility index (Phi) is 6.41. The molecule has 4 heteroatoms. The van der Waals surface area contributed by atoms with Crippen LogP contribution in [0.5, 0.6) is 0 Å². The van der Waals surface area contributed by atoms with Crippen molar-refractivity contribution >= 4 is 5.96 Å². The Labute approximate surface area is 99.9 Å². The first kappa shape index (κ1) is 15.2. The zero-order valence-corrected chi connectivity index (χ0v) is 11.6. The molecule has 0 amide bonds. The van der Waals surface area contributed by atoms with E-state index in [0.29, 0.717) is 18.5 Å². The predicted molar refractivity (Wildman–Crippen MR) is 69.7 cm³/mol. The molecule has 0 aromatic rings. The van der Waals surface area contributed by atoms with E-state index in [1.165, 1.54) is 0 Å². The first-order valence-corrected chi connectivity index (χ1v) is 5.85. The number of guanidine groups is 1. The van der Waals surface area contributed by atoms with Gasteiger partial charge in [0.1, 0.15) is 0 Å². The lowest BCUT2D eigenvalue weighted by molar-refractivity contribution is 0.171. The third-order valence-electron chi connectivity index (χ3n) is 1.92. The first-order valence-electron chi connectivity index (χ1n) is 5.85. The fourth-order valence-corrected chi connectivity index (χ4v) is 1.36. The molecule has 0 saturated heterocycles. The second-order valence-electron chi connectivity index (χ2n) is 5.47. The number of nitrogens with two attached hydrogens (primary N) is 1. The number of hydrogen-bond acceptors (Lipinski definition) is 2. The molecule has 0 saturated carbocycles. The van der Waals surface area contributed by atoms with E-state index in [2.05, 4.69) is 23.7 Å². The number of hydrogen-bond donors (Lipinski definition) is 1. The van der Waals surface area contributed by atoms with Crippen molar-refractivity contribution in [3.63, 3.8) is 0 Å². The Morgan fingerprint density at radius 1 is 1.38 bits per heavy atom. The normalized spacial score (nSPS) is 13.3. The predicted octanol–water partition coefficient (Wildman–Crippen LogP) is 1.70. The second-order valence-corrected chi connectivity index (χ2v) is 5.47. The highest BCUT2D eigenvalue weighted by Crippen LogP contribution is 2.08. The Morgan fingerprint density at radius 2 is 1.94 bits per heavy atom. The maximum atomic E-state index is 6.01. The van der Waals surface area contributed by atoms with E-state index >= 15 is 0 Å². The van der Waals surface area contributed by atoms with E-state index < -0.39 is 0 Å². The third-order valence-corrected chi connectivity index (χ3v) is 1.92. The molecular weight excluding hydrogens is 202 g/mol. The second kappa shape index (κ2) is 6.74. The minimum absolute atomic E-state index is 0.133. The molecular formula is C12H27N3O. The Hall–Kier alpha value is -0.770. The Balaban J connectivity index is 4.54. The average molecular weight is 229 g/mol. The smallest absolute Gasteiger partial charge is 0.191 e. The van der Waals surface area contributed by atoms with Crippen molar-refractivity contribution in [2.24, 2.45) is 16.6 Å². The van der Waals surface area contributed by atoms with Crippen LogP contribution in [0.2, 0.25) is 0 Å². The van der Waals surface area contributed by atoms with Gasteiger partial charge >= 0.3 is 0 Å². The molecule has 0 aliphatic rings. The minimum Gasteiger partial charge on any atom is -0.383 e. The summed E-state index contributed by atoms with van der Waals surface area (Å²) in [6.45, 7) is 12.9. The average Bonchev–Trinajstić information content (AvgIpc) is 2.08. The molecule has 2 N–H and O–H groups in total. The largest absolute Gasteiger partial charge is 0.383 e. The highest BCUT2D eigenvalue weighted by molar-refractivity contribution is 5.78. The van der Waals surface area contributed by atoms with Crippen LogP contribution < -0.4 is 5.73 Å². The monoisotopic (exact) mass is 229 g/mol. The van der Waals surface area contributed by atoms with Crippen molar-refractivity contribution < 1.29 is 4.74 Å². The summed E-state index contributed by atoms with van der Waals surface area (Å²) in [4.78, 5) is 6.56. The summed E-state index contributed by atoms with van der Waals surface area (Å²) in [6.07, 6.45) is 0. The lowest BCUT2D eigenvalue weighted by Gasteiger charge is -2.27. The summed E-state index contributed by atoms with van der Waals surface area (Å²) >= 11 is 0. The van der Waals surface area contributed by atoms with Crippen molar-refractivity contribution in [2.45, 2.75) is 40.2 Å². The van der Waals surface area contributed by atoms with Gasteiger partial charge < -0.3 is 15.4 Å². The van der Waals surface area contributed by atoms with Gasteiger partial charge in [0.15, 0.2) is 5.96 Å². The number of aliphatic imine (C=N–C) groups is 1.